The van der Waals surface area contributed by atoms with Crippen LogP contribution >= 0.6 is 0 Å². The third-order valence-electron chi connectivity index (χ3n) is 3.77. The SMILES string of the molecule is COc1ccc(NC(=O)C(N)C2CCOCC2)c(C)c1. The van der Waals surface area contributed by atoms with Gasteiger partial charge in [0.2, 0.25) is 5.91 Å². The maximum absolute atomic E-state index is 12.2. The molecule has 1 aliphatic rings. The second-order valence-electron chi connectivity index (χ2n) is 5.15. The molecule has 1 aromatic rings. The molecular weight excluding hydrogens is 256 g/mol. The van der Waals surface area contributed by atoms with Crippen LogP contribution in [0.2, 0.25) is 0 Å². The quantitative estimate of drug-likeness (QED) is 0.879. The largest absolute Gasteiger partial charge is 0.497 e. The molecule has 0 spiro atoms. The van der Waals surface area contributed by atoms with Crippen LogP contribution < -0.4 is 15.8 Å². The van der Waals surface area contributed by atoms with Gasteiger partial charge in [-0.3, -0.25) is 4.79 Å². The average molecular weight is 278 g/mol. The van der Waals surface area contributed by atoms with E-state index in [4.69, 9.17) is 15.2 Å². The minimum Gasteiger partial charge on any atom is -0.497 e. The zero-order valence-electron chi connectivity index (χ0n) is 12.0. The molecule has 110 valence electrons. The number of methoxy groups -OCH3 is 1. The van der Waals surface area contributed by atoms with Crippen LogP contribution in [0.15, 0.2) is 18.2 Å². The summed E-state index contributed by atoms with van der Waals surface area (Å²) in [4.78, 5) is 12.2. The summed E-state index contributed by atoms with van der Waals surface area (Å²) in [5.41, 5.74) is 7.79. The van der Waals surface area contributed by atoms with Gasteiger partial charge in [-0.1, -0.05) is 0 Å². The molecule has 1 fully saturated rings. The first-order valence-corrected chi connectivity index (χ1v) is 6.90. The van der Waals surface area contributed by atoms with Gasteiger partial charge in [-0.15, -0.1) is 0 Å². The first-order valence-electron chi connectivity index (χ1n) is 6.90. The highest BCUT2D eigenvalue weighted by Crippen LogP contribution is 2.23. The molecule has 1 atom stereocenters. The highest BCUT2D eigenvalue weighted by atomic mass is 16.5. The fourth-order valence-corrected chi connectivity index (χ4v) is 2.41. The summed E-state index contributed by atoms with van der Waals surface area (Å²) >= 11 is 0. The molecule has 1 saturated heterocycles. The molecule has 0 saturated carbocycles. The molecule has 20 heavy (non-hydrogen) atoms. The summed E-state index contributed by atoms with van der Waals surface area (Å²) in [7, 11) is 1.62. The first kappa shape index (κ1) is 14.8. The molecule has 2 rings (SSSR count). The Bertz CT molecular complexity index is 470. The summed E-state index contributed by atoms with van der Waals surface area (Å²) < 4.78 is 10.4. The van der Waals surface area contributed by atoms with Gasteiger partial charge < -0.3 is 20.5 Å². The normalized spacial score (nSPS) is 17.6. The van der Waals surface area contributed by atoms with Crippen molar-refractivity contribution in [2.24, 2.45) is 11.7 Å². The lowest BCUT2D eigenvalue weighted by Gasteiger charge is -2.27. The van der Waals surface area contributed by atoms with Crippen LogP contribution in [0.1, 0.15) is 18.4 Å². The lowest BCUT2D eigenvalue weighted by molar-refractivity contribution is -0.119. The molecule has 1 heterocycles. The van der Waals surface area contributed by atoms with E-state index in [1.54, 1.807) is 7.11 Å². The minimum atomic E-state index is -0.486. The number of benzene rings is 1. The number of ether oxygens (including phenoxy) is 2. The topological polar surface area (TPSA) is 73.6 Å². The number of nitrogens with two attached hydrogens (primary N) is 1. The van der Waals surface area contributed by atoms with Crippen molar-refractivity contribution in [2.45, 2.75) is 25.8 Å². The number of aryl methyl sites for hydroxylation is 1. The number of anilines is 1. The minimum absolute atomic E-state index is 0.134. The Balaban J connectivity index is 1.99. The molecule has 1 unspecified atom stereocenters. The van der Waals surface area contributed by atoms with Crippen LogP contribution in [-0.4, -0.2) is 32.3 Å². The second kappa shape index (κ2) is 6.72. The number of carbonyl (C=O) groups is 1. The fraction of sp³-hybridized carbons (Fsp3) is 0.533. The van der Waals surface area contributed by atoms with E-state index in [-0.39, 0.29) is 11.8 Å². The van der Waals surface area contributed by atoms with E-state index < -0.39 is 6.04 Å². The van der Waals surface area contributed by atoms with Gasteiger partial charge in [0.15, 0.2) is 0 Å². The van der Waals surface area contributed by atoms with Crippen LogP contribution in [0.4, 0.5) is 5.69 Å². The number of rotatable bonds is 4. The predicted molar refractivity (Wildman–Crippen MR) is 77.9 cm³/mol. The molecule has 1 amide bonds. The third-order valence-corrected chi connectivity index (χ3v) is 3.77. The van der Waals surface area contributed by atoms with Crippen molar-refractivity contribution in [2.75, 3.05) is 25.6 Å². The Morgan fingerprint density at radius 1 is 1.45 bits per heavy atom. The van der Waals surface area contributed by atoms with Crippen LogP contribution in [0.25, 0.3) is 0 Å². The predicted octanol–water partition coefficient (Wildman–Crippen LogP) is 1.70. The fourth-order valence-electron chi connectivity index (χ4n) is 2.41. The van der Waals surface area contributed by atoms with E-state index in [2.05, 4.69) is 5.32 Å². The van der Waals surface area contributed by atoms with E-state index in [1.807, 2.05) is 25.1 Å². The molecule has 0 aliphatic carbocycles. The van der Waals surface area contributed by atoms with Gasteiger partial charge in [-0.25, -0.2) is 0 Å². The molecule has 3 N–H and O–H groups in total. The molecule has 0 bridgehead atoms. The standard InChI is InChI=1S/C15H22N2O3/c1-10-9-12(19-2)3-4-13(10)17-15(18)14(16)11-5-7-20-8-6-11/h3-4,9,11,14H,5-8,16H2,1-2H3,(H,17,18). The molecular formula is C15H22N2O3. The molecule has 1 aliphatic heterocycles. The van der Waals surface area contributed by atoms with Crippen molar-refractivity contribution in [1.29, 1.82) is 0 Å². The lowest BCUT2D eigenvalue weighted by Crippen LogP contribution is -2.44. The number of hydrogen-bond acceptors (Lipinski definition) is 4. The van der Waals surface area contributed by atoms with Gasteiger partial charge in [0.1, 0.15) is 5.75 Å². The zero-order valence-corrected chi connectivity index (χ0v) is 12.0. The van der Waals surface area contributed by atoms with Crippen LogP contribution in [-0.2, 0) is 9.53 Å². The molecule has 5 heteroatoms. The summed E-state index contributed by atoms with van der Waals surface area (Å²) in [5.74, 6) is 0.835. The number of amides is 1. The van der Waals surface area contributed by atoms with Gasteiger partial charge in [0.25, 0.3) is 0 Å². The number of carbonyl (C=O) groups excluding carboxylic acids is 1. The summed E-state index contributed by atoms with van der Waals surface area (Å²) in [5, 5.41) is 2.90. The second-order valence-corrected chi connectivity index (χ2v) is 5.15. The summed E-state index contributed by atoms with van der Waals surface area (Å²) in [6.07, 6.45) is 1.69. The van der Waals surface area contributed by atoms with Crippen molar-refractivity contribution in [3.05, 3.63) is 23.8 Å². The van der Waals surface area contributed by atoms with E-state index in [0.29, 0.717) is 13.2 Å². The van der Waals surface area contributed by atoms with Gasteiger partial charge in [-0.05, 0) is 49.4 Å². The first-order chi connectivity index (χ1) is 9.61. The third kappa shape index (κ3) is 3.49. The van der Waals surface area contributed by atoms with Crippen molar-refractivity contribution < 1.29 is 14.3 Å². The monoisotopic (exact) mass is 278 g/mol. The van der Waals surface area contributed by atoms with Gasteiger partial charge in [0, 0.05) is 18.9 Å². The van der Waals surface area contributed by atoms with Gasteiger partial charge in [0.05, 0.1) is 13.2 Å². The maximum Gasteiger partial charge on any atom is 0.241 e. The van der Waals surface area contributed by atoms with Crippen LogP contribution in [0.3, 0.4) is 0 Å². The van der Waals surface area contributed by atoms with Gasteiger partial charge in [-0.2, -0.15) is 0 Å². The van der Waals surface area contributed by atoms with Crippen molar-refractivity contribution in [3.8, 4) is 5.75 Å². The Morgan fingerprint density at radius 2 is 2.15 bits per heavy atom. The average Bonchev–Trinajstić information content (AvgIpc) is 2.49. The van der Waals surface area contributed by atoms with Gasteiger partial charge >= 0.3 is 0 Å². The molecule has 5 nitrogen and oxygen atoms in total. The smallest absolute Gasteiger partial charge is 0.241 e. The maximum atomic E-state index is 12.2. The molecule has 1 aromatic carbocycles. The van der Waals surface area contributed by atoms with Crippen LogP contribution in [0.5, 0.6) is 5.75 Å². The van der Waals surface area contributed by atoms with Crippen LogP contribution in [0, 0.1) is 12.8 Å². The van der Waals surface area contributed by atoms with E-state index in [9.17, 15) is 4.79 Å². The van der Waals surface area contributed by atoms with Crippen molar-refractivity contribution >= 4 is 11.6 Å². The Morgan fingerprint density at radius 3 is 2.75 bits per heavy atom. The summed E-state index contributed by atoms with van der Waals surface area (Å²) in [6.45, 7) is 3.30. The molecule has 0 aromatic heterocycles. The number of hydrogen-bond donors (Lipinski definition) is 2. The molecule has 0 radical (unpaired) electrons. The summed E-state index contributed by atoms with van der Waals surface area (Å²) in [6, 6.07) is 5.06. The zero-order chi connectivity index (χ0) is 14.5. The van der Waals surface area contributed by atoms with Crippen molar-refractivity contribution in [3.63, 3.8) is 0 Å². The Kier molecular flexibility index (Phi) is 4.98. The Hall–Kier alpha value is -1.59. The van der Waals surface area contributed by atoms with E-state index in [0.717, 1.165) is 29.8 Å². The highest BCUT2D eigenvalue weighted by molar-refractivity contribution is 5.95. The number of nitrogens with one attached hydrogen (secondary N) is 1. The Labute approximate surface area is 119 Å². The van der Waals surface area contributed by atoms with Crippen molar-refractivity contribution in [1.82, 2.24) is 0 Å². The van der Waals surface area contributed by atoms with E-state index >= 15 is 0 Å². The van der Waals surface area contributed by atoms with E-state index in [1.165, 1.54) is 0 Å². The lowest BCUT2D eigenvalue weighted by atomic mass is 9.92. The highest BCUT2D eigenvalue weighted by Gasteiger charge is 2.26.